The number of nitrogens with zero attached hydrogens (tertiary/aromatic N) is 1. The van der Waals surface area contributed by atoms with Crippen molar-refractivity contribution in [3.8, 4) is 5.75 Å². The van der Waals surface area contributed by atoms with Crippen LogP contribution in [0.15, 0.2) is 18.2 Å². The smallest absolute Gasteiger partial charge is 0.338 e. The van der Waals surface area contributed by atoms with E-state index >= 15 is 0 Å². The fourth-order valence-corrected chi connectivity index (χ4v) is 6.36. The normalized spacial score (nSPS) is 38.5. The summed E-state index contributed by atoms with van der Waals surface area (Å²) in [6, 6.07) is 5.63. The first kappa shape index (κ1) is 20.0. The van der Waals surface area contributed by atoms with E-state index in [4.69, 9.17) is 9.47 Å². The molecule has 3 heterocycles. The predicted octanol–water partition coefficient (Wildman–Crippen LogP) is 2.71. The maximum absolute atomic E-state index is 13.0. The van der Waals surface area contributed by atoms with Gasteiger partial charge in [-0.2, -0.15) is 0 Å². The molecule has 5 aliphatic rings. The van der Waals surface area contributed by atoms with Crippen molar-refractivity contribution < 1.29 is 24.2 Å². The topological polar surface area (TPSA) is 76.1 Å². The number of aliphatic hydroxyl groups is 1. The molecule has 1 aromatic carbocycles. The van der Waals surface area contributed by atoms with Gasteiger partial charge in [0.25, 0.3) is 0 Å². The van der Waals surface area contributed by atoms with Gasteiger partial charge in [-0.15, -0.1) is 0 Å². The molecule has 3 saturated heterocycles. The highest BCUT2D eigenvalue weighted by Crippen LogP contribution is 2.57. The summed E-state index contributed by atoms with van der Waals surface area (Å²) in [6.07, 6.45) is 5.37. The second-order valence-electron chi connectivity index (χ2n) is 9.88. The first-order valence-corrected chi connectivity index (χ1v) is 11.2. The monoisotopic (exact) mass is 413 g/mol. The van der Waals surface area contributed by atoms with Crippen molar-refractivity contribution in [2.45, 2.75) is 68.6 Å². The van der Waals surface area contributed by atoms with Gasteiger partial charge in [0.05, 0.1) is 7.11 Å². The molecule has 162 valence electrons. The molecule has 5 fully saturated rings. The Labute approximate surface area is 177 Å². The molecule has 5 atom stereocenters. The number of esters is 1. The largest absolute Gasteiger partial charge is 0.497 e. The van der Waals surface area contributed by atoms with E-state index in [1.54, 1.807) is 19.2 Å². The Morgan fingerprint density at radius 2 is 2.10 bits per heavy atom. The van der Waals surface area contributed by atoms with Gasteiger partial charge >= 0.3 is 5.97 Å². The zero-order valence-corrected chi connectivity index (χ0v) is 17.8. The van der Waals surface area contributed by atoms with E-state index in [2.05, 4.69) is 11.8 Å². The summed E-state index contributed by atoms with van der Waals surface area (Å²) in [5.41, 5.74) is -0.487. The van der Waals surface area contributed by atoms with Gasteiger partial charge in [-0.3, -0.25) is 9.69 Å². The van der Waals surface area contributed by atoms with E-state index in [0.717, 1.165) is 37.3 Å². The van der Waals surface area contributed by atoms with E-state index in [1.165, 1.54) is 12.8 Å². The van der Waals surface area contributed by atoms with Crippen LogP contribution in [0.1, 0.15) is 61.4 Å². The number of rotatable bonds is 5. The van der Waals surface area contributed by atoms with Crippen LogP contribution >= 0.6 is 0 Å². The molecular formula is C24H31NO5. The molecule has 0 amide bonds. The standard InChI is InChI=1S/C24H31NO5/c1-15-21-19-7-8-24(28,22(27)30-21)14-23(19,9-10-25(15)12-16-3-4-16)20-11-18(29-2)6-5-17(20)13-26/h5-6,11,13,15-16,19,21,28H,3-4,7-10,12,14H2,1-2H3/t15-,19+,21?,23+,24+/m1/s1. The van der Waals surface area contributed by atoms with Crippen LogP contribution in [0.5, 0.6) is 5.75 Å². The van der Waals surface area contributed by atoms with Crippen molar-refractivity contribution in [1.82, 2.24) is 4.90 Å². The zero-order valence-electron chi connectivity index (χ0n) is 17.8. The maximum Gasteiger partial charge on any atom is 0.338 e. The number of carbonyl (C=O) groups excluding carboxylic acids is 2. The average molecular weight is 414 g/mol. The number of hydrogen-bond donors (Lipinski definition) is 1. The highest BCUT2D eigenvalue weighted by Gasteiger charge is 2.63. The molecule has 1 aromatic rings. The molecule has 2 saturated carbocycles. The number of methoxy groups -OCH3 is 1. The molecule has 6 heteroatoms. The van der Waals surface area contributed by atoms with Crippen LogP contribution in [0, 0.1) is 11.8 Å². The minimum Gasteiger partial charge on any atom is -0.497 e. The second-order valence-corrected chi connectivity index (χ2v) is 9.88. The Balaban J connectivity index is 1.67. The zero-order chi connectivity index (χ0) is 21.1. The molecule has 4 bridgehead atoms. The van der Waals surface area contributed by atoms with E-state index in [0.29, 0.717) is 30.6 Å². The number of hydrogen-bond acceptors (Lipinski definition) is 6. The van der Waals surface area contributed by atoms with Crippen molar-refractivity contribution >= 4 is 12.3 Å². The molecule has 6 rings (SSSR count). The predicted molar refractivity (Wildman–Crippen MR) is 111 cm³/mol. The summed E-state index contributed by atoms with van der Waals surface area (Å²) in [5.74, 6) is 0.997. The van der Waals surface area contributed by atoms with E-state index in [1.807, 2.05) is 6.07 Å². The molecule has 3 aliphatic heterocycles. The molecule has 2 aliphatic carbocycles. The van der Waals surface area contributed by atoms with Gasteiger partial charge in [-0.05, 0) is 81.7 Å². The highest BCUT2D eigenvalue weighted by molar-refractivity contribution is 5.82. The first-order chi connectivity index (χ1) is 14.4. The van der Waals surface area contributed by atoms with Gasteiger partial charge in [-0.25, -0.2) is 4.79 Å². The summed E-state index contributed by atoms with van der Waals surface area (Å²) < 4.78 is 11.5. The summed E-state index contributed by atoms with van der Waals surface area (Å²) in [5, 5.41) is 11.3. The van der Waals surface area contributed by atoms with Crippen molar-refractivity contribution in [2.24, 2.45) is 11.8 Å². The van der Waals surface area contributed by atoms with Crippen molar-refractivity contribution in [3.63, 3.8) is 0 Å². The Kier molecular flexibility index (Phi) is 4.71. The molecular weight excluding hydrogens is 382 g/mol. The molecule has 1 N–H and O–H groups in total. The van der Waals surface area contributed by atoms with E-state index in [9.17, 15) is 14.7 Å². The molecule has 1 unspecified atom stereocenters. The third kappa shape index (κ3) is 2.99. The number of aldehydes is 1. The summed E-state index contributed by atoms with van der Waals surface area (Å²) >= 11 is 0. The molecule has 0 aromatic heterocycles. The second kappa shape index (κ2) is 7.06. The first-order valence-electron chi connectivity index (χ1n) is 11.2. The third-order valence-corrected chi connectivity index (χ3v) is 8.22. The van der Waals surface area contributed by atoms with Crippen LogP contribution in [-0.4, -0.2) is 60.2 Å². The Bertz CT molecular complexity index is 867. The van der Waals surface area contributed by atoms with E-state index < -0.39 is 17.0 Å². The van der Waals surface area contributed by atoms with Crippen LogP contribution in [0.3, 0.4) is 0 Å². The minimum atomic E-state index is -1.49. The van der Waals surface area contributed by atoms with E-state index in [-0.39, 0.29) is 18.1 Å². The Morgan fingerprint density at radius 3 is 2.80 bits per heavy atom. The summed E-state index contributed by atoms with van der Waals surface area (Å²) in [4.78, 5) is 27.5. The number of carbonyl (C=O) groups is 2. The van der Waals surface area contributed by atoms with Gasteiger partial charge in [0.15, 0.2) is 5.60 Å². The quantitative estimate of drug-likeness (QED) is 0.591. The third-order valence-electron chi connectivity index (χ3n) is 8.22. The van der Waals surface area contributed by atoms with Gasteiger partial charge in [0.2, 0.25) is 0 Å². The van der Waals surface area contributed by atoms with Crippen molar-refractivity contribution in [1.29, 1.82) is 0 Å². The lowest BCUT2D eigenvalue weighted by Gasteiger charge is -2.47. The lowest BCUT2D eigenvalue weighted by Crippen LogP contribution is -2.51. The average Bonchev–Trinajstić information content (AvgIpc) is 3.59. The molecule has 0 radical (unpaired) electrons. The number of fused-ring (bicyclic) bond motifs is 2. The van der Waals surface area contributed by atoms with Crippen LogP contribution in [0.4, 0.5) is 0 Å². The molecule has 30 heavy (non-hydrogen) atoms. The van der Waals surface area contributed by atoms with Crippen molar-refractivity contribution in [2.75, 3.05) is 20.2 Å². The van der Waals surface area contributed by atoms with Gasteiger partial charge in [-0.1, -0.05) is 0 Å². The van der Waals surface area contributed by atoms with Gasteiger partial charge < -0.3 is 14.6 Å². The maximum atomic E-state index is 13.0. The Hall–Kier alpha value is -1.92. The molecule has 6 nitrogen and oxygen atoms in total. The van der Waals surface area contributed by atoms with Crippen LogP contribution in [0.2, 0.25) is 0 Å². The lowest BCUT2D eigenvalue weighted by atomic mass is 9.55. The minimum absolute atomic E-state index is 0.0641. The van der Waals surface area contributed by atoms with Gasteiger partial charge in [0, 0.05) is 29.5 Å². The van der Waals surface area contributed by atoms with Crippen LogP contribution in [-0.2, 0) is 14.9 Å². The lowest BCUT2D eigenvalue weighted by molar-refractivity contribution is -0.170. The van der Waals surface area contributed by atoms with Crippen LogP contribution in [0.25, 0.3) is 0 Å². The SMILES string of the molecule is COc1ccc(C=O)c([C@]23CCN(CC4CC4)[C@H](C)C4OC(=O)[C@](O)(CC[C@@H]42)C3)c1. The fourth-order valence-electron chi connectivity index (χ4n) is 6.36. The van der Waals surface area contributed by atoms with Crippen molar-refractivity contribution in [3.05, 3.63) is 29.3 Å². The summed E-state index contributed by atoms with van der Waals surface area (Å²) in [6.45, 7) is 4.06. The molecule has 0 spiro atoms. The van der Waals surface area contributed by atoms with Gasteiger partial charge in [0.1, 0.15) is 18.1 Å². The fraction of sp³-hybridized carbons (Fsp3) is 0.667. The number of ether oxygens (including phenoxy) is 2. The number of benzene rings is 1. The summed E-state index contributed by atoms with van der Waals surface area (Å²) in [7, 11) is 1.62. The number of likely N-dealkylation sites (tertiary alicyclic amines) is 1. The van der Waals surface area contributed by atoms with Crippen LogP contribution < -0.4 is 4.74 Å². The highest BCUT2D eigenvalue weighted by atomic mass is 16.6. The Morgan fingerprint density at radius 1 is 1.30 bits per heavy atom.